The summed E-state index contributed by atoms with van der Waals surface area (Å²) in [5.74, 6) is 0.148. The first-order valence-corrected chi connectivity index (χ1v) is 8.23. The molecular formula is C19H18F3N3O2. The first-order chi connectivity index (χ1) is 12.9. The van der Waals surface area contributed by atoms with Crippen molar-refractivity contribution in [2.24, 2.45) is 0 Å². The summed E-state index contributed by atoms with van der Waals surface area (Å²) in [6.45, 7) is 0.328. The van der Waals surface area contributed by atoms with Crippen LogP contribution in [0.3, 0.4) is 0 Å². The highest BCUT2D eigenvalue weighted by atomic mass is 19.4. The number of benzene rings is 2. The van der Waals surface area contributed by atoms with Gasteiger partial charge in [0, 0.05) is 23.6 Å². The fourth-order valence-electron chi connectivity index (χ4n) is 2.80. The third kappa shape index (κ3) is 4.33. The number of alkyl halides is 3. The van der Waals surface area contributed by atoms with Gasteiger partial charge in [0.1, 0.15) is 5.75 Å². The van der Waals surface area contributed by atoms with E-state index in [1.807, 2.05) is 30.5 Å². The standard InChI is InChI=1S/C19H18F3N3O2/c1-27-17-7-6-13(19(20,21)22)10-16(17)25-18(26)23-9-8-12-11-24-15-5-3-2-4-14(12)15/h2-7,10-11,24H,8-9H2,1H3,(H2,23,25,26). The van der Waals surface area contributed by atoms with Crippen LogP contribution in [0.5, 0.6) is 5.75 Å². The van der Waals surface area contributed by atoms with Crippen LogP contribution in [0.2, 0.25) is 0 Å². The molecule has 1 heterocycles. The Balaban J connectivity index is 1.62. The van der Waals surface area contributed by atoms with E-state index in [4.69, 9.17) is 4.74 Å². The van der Waals surface area contributed by atoms with Crippen molar-refractivity contribution in [1.29, 1.82) is 0 Å². The van der Waals surface area contributed by atoms with E-state index < -0.39 is 17.8 Å². The normalized spacial score (nSPS) is 11.4. The van der Waals surface area contributed by atoms with Crippen LogP contribution in [-0.4, -0.2) is 24.7 Å². The van der Waals surface area contributed by atoms with Crippen molar-refractivity contribution in [2.75, 3.05) is 19.0 Å². The molecule has 2 aromatic carbocycles. The lowest BCUT2D eigenvalue weighted by atomic mass is 10.1. The molecule has 8 heteroatoms. The third-order valence-corrected chi connectivity index (χ3v) is 4.13. The van der Waals surface area contributed by atoms with Gasteiger partial charge in [-0.3, -0.25) is 0 Å². The van der Waals surface area contributed by atoms with Gasteiger partial charge in [-0.05, 0) is 36.2 Å². The van der Waals surface area contributed by atoms with E-state index >= 15 is 0 Å². The molecule has 3 rings (SSSR count). The van der Waals surface area contributed by atoms with Gasteiger partial charge in [0.05, 0.1) is 18.4 Å². The predicted octanol–water partition coefficient (Wildman–Crippen LogP) is 4.56. The number of methoxy groups -OCH3 is 1. The van der Waals surface area contributed by atoms with Crippen LogP contribution in [-0.2, 0) is 12.6 Å². The monoisotopic (exact) mass is 377 g/mol. The van der Waals surface area contributed by atoms with Crippen LogP contribution < -0.4 is 15.4 Å². The smallest absolute Gasteiger partial charge is 0.416 e. The molecule has 27 heavy (non-hydrogen) atoms. The average molecular weight is 377 g/mol. The Morgan fingerprint density at radius 1 is 1.19 bits per heavy atom. The van der Waals surface area contributed by atoms with Crippen LogP contribution >= 0.6 is 0 Å². The number of carbonyl (C=O) groups excluding carboxylic acids is 1. The second-order valence-corrected chi connectivity index (χ2v) is 5.90. The number of ether oxygens (including phenoxy) is 1. The lowest BCUT2D eigenvalue weighted by Gasteiger charge is -2.14. The fourth-order valence-corrected chi connectivity index (χ4v) is 2.80. The Morgan fingerprint density at radius 3 is 2.70 bits per heavy atom. The van der Waals surface area contributed by atoms with Gasteiger partial charge >= 0.3 is 12.2 Å². The number of urea groups is 1. The molecule has 0 saturated carbocycles. The van der Waals surface area contributed by atoms with Gasteiger partial charge in [0.2, 0.25) is 0 Å². The third-order valence-electron chi connectivity index (χ3n) is 4.13. The second-order valence-electron chi connectivity index (χ2n) is 5.90. The van der Waals surface area contributed by atoms with Crippen molar-refractivity contribution in [1.82, 2.24) is 10.3 Å². The van der Waals surface area contributed by atoms with E-state index in [-0.39, 0.29) is 11.4 Å². The van der Waals surface area contributed by atoms with E-state index in [1.165, 1.54) is 13.2 Å². The maximum atomic E-state index is 12.9. The van der Waals surface area contributed by atoms with Crippen LogP contribution in [0.1, 0.15) is 11.1 Å². The first-order valence-electron chi connectivity index (χ1n) is 8.23. The topological polar surface area (TPSA) is 66.2 Å². The van der Waals surface area contributed by atoms with Crippen LogP contribution in [0.15, 0.2) is 48.7 Å². The summed E-state index contributed by atoms with van der Waals surface area (Å²) in [6, 6.07) is 10.1. The molecule has 0 fully saturated rings. The summed E-state index contributed by atoms with van der Waals surface area (Å²) in [4.78, 5) is 15.2. The van der Waals surface area contributed by atoms with Crippen molar-refractivity contribution in [3.63, 3.8) is 0 Å². The van der Waals surface area contributed by atoms with Gasteiger partial charge in [-0.2, -0.15) is 13.2 Å². The molecule has 0 unspecified atom stereocenters. The molecule has 0 aliphatic rings. The Hall–Kier alpha value is -3.16. The SMILES string of the molecule is COc1ccc(C(F)(F)F)cc1NC(=O)NCCc1c[nH]c2ccccc12. The summed E-state index contributed by atoms with van der Waals surface area (Å²) in [6.07, 6.45) is -2.05. The van der Waals surface area contributed by atoms with Crippen LogP contribution in [0.4, 0.5) is 23.7 Å². The number of H-pyrrole nitrogens is 1. The van der Waals surface area contributed by atoms with Gasteiger partial charge in [-0.25, -0.2) is 4.79 Å². The Labute approximate surface area is 153 Å². The molecule has 142 valence electrons. The number of nitrogens with one attached hydrogen (secondary N) is 3. The van der Waals surface area contributed by atoms with Gasteiger partial charge < -0.3 is 20.4 Å². The zero-order chi connectivity index (χ0) is 19.4. The largest absolute Gasteiger partial charge is 0.495 e. The van der Waals surface area contributed by atoms with Crippen molar-refractivity contribution >= 4 is 22.6 Å². The van der Waals surface area contributed by atoms with Gasteiger partial charge in [0.25, 0.3) is 0 Å². The zero-order valence-corrected chi connectivity index (χ0v) is 14.5. The minimum absolute atomic E-state index is 0.0445. The molecule has 5 nitrogen and oxygen atoms in total. The average Bonchev–Trinajstić information content (AvgIpc) is 3.04. The molecule has 1 aromatic heterocycles. The van der Waals surface area contributed by atoms with Crippen molar-refractivity contribution < 1.29 is 22.7 Å². The number of halogens is 3. The molecular weight excluding hydrogens is 359 g/mol. The number of carbonyl (C=O) groups is 1. The minimum atomic E-state index is -4.51. The zero-order valence-electron chi connectivity index (χ0n) is 14.5. The molecule has 0 bridgehead atoms. The quantitative estimate of drug-likeness (QED) is 0.610. The van der Waals surface area contributed by atoms with Crippen molar-refractivity contribution in [3.8, 4) is 5.75 Å². The van der Waals surface area contributed by atoms with Crippen molar-refractivity contribution in [2.45, 2.75) is 12.6 Å². The van der Waals surface area contributed by atoms with E-state index in [9.17, 15) is 18.0 Å². The summed E-state index contributed by atoms with van der Waals surface area (Å²) < 4.78 is 43.6. The van der Waals surface area contributed by atoms with E-state index in [2.05, 4.69) is 15.6 Å². The molecule has 0 saturated heterocycles. The van der Waals surface area contributed by atoms with Crippen LogP contribution in [0, 0.1) is 0 Å². The molecule has 0 radical (unpaired) electrons. The number of fused-ring (bicyclic) bond motifs is 1. The molecule has 3 N–H and O–H groups in total. The number of aromatic nitrogens is 1. The summed E-state index contributed by atoms with van der Waals surface area (Å²) in [5.41, 5.74) is 1.14. The first kappa shape index (κ1) is 18.6. The Bertz CT molecular complexity index is 951. The Morgan fingerprint density at radius 2 is 1.96 bits per heavy atom. The van der Waals surface area contributed by atoms with E-state index in [0.717, 1.165) is 28.6 Å². The number of para-hydroxylation sites is 1. The number of anilines is 1. The highest BCUT2D eigenvalue weighted by Gasteiger charge is 2.31. The number of hydrogen-bond donors (Lipinski definition) is 3. The molecule has 3 aromatic rings. The molecule has 0 aliphatic heterocycles. The van der Waals surface area contributed by atoms with Crippen molar-refractivity contribution in [3.05, 3.63) is 59.8 Å². The van der Waals surface area contributed by atoms with E-state index in [1.54, 1.807) is 0 Å². The predicted molar refractivity (Wildman–Crippen MR) is 97.0 cm³/mol. The minimum Gasteiger partial charge on any atom is -0.495 e. The van der Waals surface area contributed by atoms with Gasteiger partial charge in [0.15, 0.2) is 0 Å². The van der Waals surface area contributed by atoms with Crippen LogP contribution in [0.25, 0.3) is 10.9 Å². The highest BCUT2D eigenvalue weighted by Crippen LogP contribution is 2.34. The summed E-state index contributed by atoms with van der Waals surface area (Å²) in [7, 11) is 1.32. The number of hydrogen-bond acceptors (Lipinski definition) is 2. The van der Waals surface area contributed by atoms with E-state index in [0.29, 0.717) is 13.0 Å². The fraction of sp³-hybridized carbons (Fsp3) is 0.211. The maximum absolute atomic E-state index is 12.9. The number of aromatic amines is 1. The highest BCUT2D eigenvalue weighted by molar-refractivity contribution is 5.91. The molecule has 0 spiro atoms. The lowest BCUT2D eigenvalue weighted by Crippen LogP contribution is -2.30. The summed E-state index contributed by atoms with van der Waals surface area (Å²) in [5, 5.41) is 6.12. The number of amides is 2. The number of rotatable bonds is 5. The summed E-state index contributed by atoms with van der Waals surface area (Å²) >= 11 is 0. The Kier molecular flexibility index (Phi) is 5.25. The maximum Gasteiger partial charge on any atom is 0.416 e. The molecule has 0 atom stereocenters. The molecule has 2 amide bonds. The lowest BCUT2D eigenvalue weighted by molar-refractivity contribution is -0.137. The molecule has 0 aliphatic carbocycles. The van der Waals surface area contributed by atoms with Gasteiger partial charge in [-0.1, -0.05) is 18.2 Å². The second kappa shape index (κ2) is 7.61. The van der Waals surface area contributed by atoms with Gasteiger partial charge in [-0.15, -0.1) is 0 Å².